The maximum Gasteiger partial charge on any atom is 0.340 e. The number of ether oxygens (including phenoxy) is 3. The fourth-order valence-electron chi connectivity index (χ4n) is 3.28. The molecule has 0 amide bonds. The molecule has 0 atom stereocenters. The summed E-state index contributed by atoms with van der Waals surface area (Å²) in [4.78, 5) is 62.3. The summed E-state index contributed by atoms with van der Waals surface area (Å²) in [5.41, 5.74) is -2.60. The molecule has 0 spiro atoms. The minimum atomic E-state index is -2.44. The molecule has 0 N–H and O–H groups in total. The summed E-state index contributed by atoms with van der Waals surface area (Å²) in [5, 5.41) is 0. The van der Waals surface area contributed by atoms with Gasteiger partial charge in [0, 0.05) is 0 Å². The molecule has 0 bridgehead atoms. The molecule has 0 aromatic heterocycles. The highest BCUT2D eigenvalue weighted by Crippen LogP contribution is 2.49. The van der Waals surface area contributed by atoms with Crippen LogP contribution >= 0.6 is 0 Å². The van der Waals surface area contributed by atoms with Crippen molar-refractivity contribution in [2.24, 2.45) is 0 Å². The molecule has 162 valence electrons. The van der Waals surface area contributed by atoms with Crippen molar-refractivity contribution in [1.82, 2.24) is 0 Å². The summed E-state index contributed by atoms with van der Waals surface area (Å²) in [6.07, 6.45) is -1.96. The Morgan fingerprint density at radius 2 is 1.40 bits per heavy atom. The Kier molecular flexibility index (Phi) is 6.80. The van der Waals surface area contributed by atoms with Crippen LogP contribution in [0, 0.1) is 0 Å². The number of hydrogen-bond acceptors (Lipinski definition) is 8. The van der Waals surface area contributed by atoms with Crippen LogP contribution in [0.3, 0.4) is 0 Å². The minimum absolute atomic E-state index is 0.0101. The quantitative estimate of drug-likeness (QED) is 0.421. The molecule has 2 rings (SSSR count). The largest absolute Gasteiger partial charge is 0.487 e. The van der Waals surface area contributed by atoms with Crippen molar-refractivity contribution in [2.75, 3.05) is 0 Å². The van der Waals surface area contributed by atoms with Crippen molar-refractivity contribution in [1.29, 1.82) is 0 Å². The van der Waals surface area contributed by atoms with Crippen LogP contribution in [0.4, 0.5) is 0 Å². The summed E-state index contributed by atoms with van der Waals surface area (Å²) >= 11 is 0. The molecule has 1 heterocycles. The van der Waals surface area contributed by atoms with E-state index >= 15 is 0 Å². The predicted molar refractivity (Wildman–Crippen MR) is 106 cm³/mol. The second-order valence-corrected chi connectivity index (χ2v) is 7.82. The number of fused-ring (bicyclic) bond motifs is 1. The predicted octanol–water partition coefficient (Wildman–Crippen LogP) is 2.72. The van der Waals surface area contributed by atoms with Gasteiger partial charge in [0.05, 0.1) is 36.2 Å². The summed E-state index contributed by atoms with van der Waals surface area (Å²) < 4.78 is 17.0. The van der Waals surface area contributed by atoms with Gasteiger partial charge in [0.1, 0.15) is 11.6 Å². The van der Waals surface area contributed by atoms with Crippen LogP contribution in [0.15, 0.2) is 12.1 Å². The second-order valence-electron chi connectivity index (χ2n) is 7.82. The lowest BCUT2D eigenvalue weighted by atomic mass is 9.80. The molecule has 1 aliphatic heterocycles. The van der Waals surface area contributed by atoms with Gasteiger partial charge in [-0.2, -0.15) is 0 Å². The molecular weight excluding hydrogens is 392 g/mol. The lowest BCUT2D eigenvalue weighted by molar-refractivity contribution is -0.153. The number of carbonyl (C=O) groups is 5. The number of carbonyl (C=O) groups excluding carboxylic acids is 5. The second kappa shape index (κ2) is 8.77. The fraction of sp³-hybridized carbons (Fsp3) is 0.500. The topological polar surface area (TPSA) is 113 Å². The number of ketones is 4. The standard InChI is InChI=1S/C22H26O8/c1-11(2)28-16-8-7-15-19(20(16)29-12(3)4)22(30-21(15)27,17(25)9-13(5)23)18(26)10-14(6)24/h7-8,11-12H,9-10H2,1-6H3. The third kappa shape index (κ3) is 4.42. The first-order valence-electron chi connectivity index (χ1n) is 9.69. The van der Waals surface area contributed by atoms with E-state index in [9.17, 15) is 24.0 Å². The van der Waals surface area contributed by atoms with Crippen molar-refractivity contribution in [2.45, 2.75) is 72.2 Å². The Balaban J connectivity index is 2.86. The highest BCUT2D eigenvalue weighted by atomic mass is 16.6. The Hall–Kier alpha value is -3.03. The summed E-state index contributed by atoms with van der Waals surface area (Å²) in [6, 6.07) is 2.88. The molecular formula is C22H26O8. The zero-order valence-corrected chi connectivity index (χ0v) is 18.0. The summed E-state index contributed by atoms with van der Waals surface area (Å²) in [6.45, 7) is 9.39. The van der Waals surface area contributed by atoms with E-state index in [-0.39, 0.29) is 28.7 Å². The molecule has 0 saturated heterocycles. The van der Waals surface area contributed by atoms with E-state index in [4.69, 9.17) is 14.2 Å². The van der Waals surface area contributed by atoms with E-state index in [1.54, 1.807) is 27.7 Å². The van der Waals surface area contributed by atoms with E-state index in [1.165, 1.54) is 26.0 Å². The minimum Gasteiger partial charge on any atom is -0.487 e. The lowest BCUT2D eigenvalue weighted by Crippen LogP contribution is -2.46. The van der Waals surface area contributed by atoms with Crippen molar-refractivity contribution in [3.8, 4) is 11.5 Å². The normalized spacial score (nSPS) is 14.3. The molecule has 1 aliphatic rings. The van der Waals surface area contributed by atoms with Gasteiger partial charge >= 0.3 is 5.97 Å². The van der Waals surface area contributed by atoms with Crippen LogP contribution in [-0.4, -0.2) is 41.3 Å². The zero-order valence-electron chi connectivity index (χ0n) is 18.0. The van der Waals surface area contributed by atoms with Crippen LogP contribution in [0.1, 0.15) is 70.3 Å². The molecule has 0 aliphatic carbocycles. The van der Waals surface area contributed by atoms with Gasteiger partial charge in [0.25, 0.3) is 5.60 Å². The first-order chi connectivity index (χ1) is 13.9. The molecule has 30 heavy (non-hydrogen) atoms. The fourth-order valence-corrected chi connectivity index (χ4v) is 3.28. The number of cyclic esters (lactones) is 1. The van der Waals surface area contributed by atoms with Gasteiger partial charge in [-0.05, 0) is 53.7 Å². The zero-order chi connectivity index (χ0) is 22.8. The molecule has 8 heteroatoms. The van der Waals surface area contributed by atoms with Crippen molar-refractivity contribution in [3.05, 3.63) is 23.3 Å². The molecule has 0 fully saturated rings. The molecule has 1 aromatic rings. The van der Waals surface area contributed by atoms with E-state index in [0.29, 0.717) is 0 Å². The van der Waals surface area contributed by atoms with Gasteiger partial charge in [-0.3, -0.25) is 19.2 Å². The Morgan fingerprint density at radius 1 is 0.900 bits per heavy atom. The highest BCUT2D eigenvalue weighted by molar-refractivity contribution is 6.23. The van der Waals surface area contributed by atoms with Crippen molar-refractivity contribution >= 4 is 29.1 Å². The van der Waals surface area contributed by atoms with Gasteiger partial charge in [-0.1, -0.05) is 0 Å². The van der Waals surface area contributed by atoms with E-state index < -0.39 is 53.6 Å². The maximum atomic E-state index is 13.2. The van der Waals surface area contributed by atoms with Crippen LogP contribution in [0.5, 0.6) is 11.5 Å². The van der Waals surface area contributed by atoms with Crippen LogP contribution in [0.2, 0.25) is 0 Å². The molecule has 0 radical (unpaired) electrons. The smallest absolute Gasteiger partial charge is 0.340 e. The Bertz CT molecular complexity index is 882. The Labute approximate surface area is 174 Å². The first kappa shape index (κ1) is 23.3. The SMILES string of the molecule is CC(=O)CC(=O)C1(C(=O)CC(C)=O)OC(=O)c2ccc(OC(C)C)c(OC(C)C)c21. The summed E-state index contributed by atoms with van der Waals surface area (Å²) in [7, 11) is 0. The lowest BCUT2D eigenvalue weighted by Gasteiger charge is -2.28. The van der Waals surface area contributed by atoms with Crippen LogP contribution < -0.4 is 9.47 Å². The molecule has 0 unspecified atom stereocenters. The van der Waals surface area contributed by atoms with Crippen LogP contribution in [-0.2, 0) is 29.5 Å². The number of esters is 1. The maximum absolute atomic E-state index is 13.2. The number of rotatable bonds is 10. The van der Waals surface area contributed by atoms with Crippen molar-refractivity contribution in [3.63, 3.8) is 0 Å². The Morgan fingerprint density at radius 3 is 1.83 bits per heavy atom. The number of benzene rings is 1. The average molecular weight is 418 g/mol. The molecule has 0 saturated carbocycles. The van der Waals surface area contributed by atoms with Crippen molar-refractivity contribution < 1.29 is 38.2 Å². The van der Waals surface area contributed by atoms with Gasteiger partial charge < -0.3 is 14.2 Å². The third-order valence-corrected chi connectivity index (χ3v) is 4.26. The monoisotopic (exact) mass is 418 g/mol. The summed E-state index contributed by atoms with van der Waals surface area (Å²) in [5.74, 6) is -3.57. The number of hydrogen-bond donors (Lipinski definition) is 0. The van der Waals surface area contributed by atoms with Gasteiger partial charge in [0.2, 0.25) is 0 Å². The first-order valence-corrected chi connectivity index (χ1v) is 9.69. The van der Waals surface area contributed by atoms with E-state index in [0.717, 1.165) is 0 Å². The van der Waals surface area contributed by atoms with Crippen LogP contribution in [0.25, 0.3) is 0 Å². The third-order valence-electron chi connectivity index (χ3n) is 4.26. The average Bonchev–Trinajstić information content (AvgIpc) is 2.89. The molecule has 8 nitrogen and oxygen atoms in total. The number of Topliss-reactive ketones (excluding diaryl/α,β-unsaturated/α-hetero) is 4. The van der Waals surface area contributed by atoms with Gasteiger partial charge in [-0.15, -0.1) is 0 Å². The highest BCUT2D eigenvalue weighted by Gasteiger charge is 2.59. The van der Waals surface area contributed by atoms with Gasteiger partial charge in [0.15, 0.2) is 23.1 Å². The molecule has 1 aromatic carbocycles. The van der Waals surface area contributed by atoms with E-state index in [2.05, 4.69) is 0 Å². The van der Waals surface area contributed by atoms with Gasteiger partial charge in [-0.25, -0.2) is 4.79 Å². The van der Waals surface area contributed by atoms with E-state index in [1.807, 2.05) is 0 Å².